The minimum atomic E-state index is 0.181. The predicted octanol–water partition coefficient (Wildman–Crippen LogP) is 3.35. The summed E-state index contributed by atoms with van der Waals surface area (Å²) in [6.45, 7) is 5.69. The van der Waals surface area contributed by atoms with Crippen molar-refractivity contribution in [3.05, 3.63) is 0 Å². The number of rotatable bonds is 7. The zero-order chi connectivity index (χ0) is 11.7. The topological polar surface area (TPSA) is 34.1 Å². The van der Waals surface area contributed by atoms with Gasteiger partial charge in [-0.1, -0.05) is 37.4 Å². The zero-order valence-corrected chi connectivity index (χ0v) is 11.4. The van der Waals surface area contributed by atoms with Crippen molar-refractivity contribution in [1.29, 1.82) is 0 Å². The van der Waals surface area contributed by atoms with Gasteiger partial charge in [0.2, 0.25) is 0 Å². The number of hydrogen-bond donors (Lipinski definition) is 0. The molecule has 0 aromatic rings. The first-order chi connectivity index (χ1) is 7.06. The molecule has 0 amide bonds. The molecular formula is C11H20O2S2. The van der Waals surface area contributed by atoms with Crippen LogP contribution in [0.2, 0.25) is 0 Å². The van der Waals surface area contributed by atoms with Crippen molar-refractivity contribution < 1.29 is 9.59 Å². The average molecular weight is 248 g/mol. The molecule has 0 aliphatic carbocycles. The fraction of sp³-hybridized carbons (Fsp3) is 0.818. The van der Waals surface area contributed by atoms with Crippen LogP contribution in [0.4, 0.5) is 0 Å². The fourth-order valence-corrected chi connectivity index (χ4v) is 2.58. The lowest BCUT2D eigenvalue weighted by atomic mass is 10.0. The quantitative estimate of drug-likeness (QED) is 0.647. The molecular weight excluding hydrogens is 228 g/mol. The highest BCUT2D eigenvalue weighted by molar-refractivity contribution is 8.13. The van der Waals surface area contributed by atoms with E-state index in [4.69, 9.17) is 0 Å². The van der Waals surface area contributed by atoms with Gasteiger partial charge in [-0.25, -0.2) is 0 Å². The van der Waals surface area contributed by atoms with Gasteiger partial charge in [-0.2, -0.15) is 0 Å². The van der Waals surface area contributed by atoms with Gasteiger partial charge >= 0.3 is 0 Å². The maximum atomic E-state index is 11.3. The van der Waals surface area contributed by atoms with Gasteiger partial charge in [0.1, 0.15) is 0 Å². The molecule has 0 heterocycles. The molecule has 0 aromatic heterocycles. The van der Waals surface area contributed by atoms with Crippen LogP contribution in [0.1, 0.15) is 40.0 Å². The summed E-state index contributed by atoms with van der Waals surface area (Å²) in [4.78, 5) is 22.0. The standard InChI is InChI=1S/C11H20O2S2/c1-4-14-11(13)8-9(2)6-5-7-15-10(3)12/h9H,4-8H2,1-3H3/t9-/m0/s1. The van der Waals surface area contributed by atoms with E-state index >= 15 is 0 Å². The van der Waals surface area contributed by atoms with E-state index in [-0.39, 0.29) is 5.12 Å². The summed E-state index contributed by atoms with van der Waals surface area (Å²) in [5, 5.41) is 0.476. The SMILES string of the molecule is CCSC(=O)C[C@@H](C)CCCSC(C)=O. The Bertz CT molecular complexity index is 205. The van der Waals surface area contributed by atoms with Crippen LogP contribution in [-0.2, 0) is 9.59 Å². The van der Waals surface area contributed by atoms with Crippen LogP contribution in [-0.4, -0.2) is 21.7 Å². The first-order valence-corrected chi connectivity index (χ1v) is 7.32. The normalized spacial score (nSPS) is 12.5. The van der Waals surface area contributed by atoms with E-state index in [1.165, 1.54) is 23.5 Å². The maximum absolute atomic E-state index is 11.3. The summed E-state index contributed by atoms with van der Waals surface area (Å²) < 4.78 is 0. The molecule has 0 rings (SSSR count). The Morgan fingerprint density at radius 2 is 1.93 bits per heavy atom. The number of hydrogen-bond acceptors (Lipinski definition) is 4. The van der Waals surface area contributed by atoms with E-state index in [2.05, 4.69) is 6.92 Å². The van der Waals surface area contributed by atoms with Gasteiger partial charge in [0.25, 0.3) is 0 Å². The summed E-state index contributed by atoms with van der Waals surface area (Å²) in [6, 6.07) is 0. The van der Waals surface area contributed by atoms with Crippen molar-refractivity contribution in [3.63, 3.8) is 0 Å². The lowest BCUT2D eigenvalue weighted by molar-refractivity contribution is -0.112. The largest absolute Gasteiger partial charge is 0.288 e. The maximum Gasteiger partial charge on any atom is 0.189 e. The second kappa shape index (κ2) is 9.28. The van der Waals surface area contributed by atoms with E-state index in [1.807, 2.05) is 6.92 Å². The Labute approximate surface area is 101 Å². The number of carbonyl (C=O) groups is 2. The third kappa shape index (κ3) is 10.3. The molecule has 0 unspecified atom stereocenters. The van der Waals surface area contributed by atoms with E-state index in [9.17, 15) is 9.59 Å². The Morgan fingerprint density at radius 3 is 2.47 bits per heavy atom. The van der Waals surface area contributed by atoms with Gasteiger partial charge in [0.15, 0.2) is 10.2 Å². The van der Waals surface area contributed by atoms with E-state index in [0.29, 0.717) is 17.5 Å². The van der Waals surface area contributed by atoms with Crippen molar-refractivity contribution in [1.82, 2.24) is 0 Å². The predicted molar refractivity (Wildman–Crippen MR) is 69.3 cm³/mol. The smallest absolute Gasteiger partial charge is 0.189 e. The first kappa shape index (κ1) is 15.0. The second-order valence-electron chi connectivity index (χ2n) is 3.60. The molecule has 0 aliphatic rings. The summed E-state index contributed by atoms with van der Waals surface area (Å²) in [7, 11) is 0. The third-order valence-electron chi connectivity index (χ3n) is 1.97. The van der Waals surface area contributed by atoms with Crippen molar-refractivity contribution in [2.75, 3.05) is 11.5 Å². The van der Waals surface area contributed by atoms with Gasteiger partial charge in [-0.05, 0) is 24.5 Å². The summed E-state index contributed by atoms with van der Waals surface area (Å²) >= 11 is 2.78. The summed E-state index contributed by atoms with van der Waals surface area (Å²) in [5.41, 5.74) is 0. The molecule has 0 saturated carbocycles. The van der Waals surface area contributed by atoms with Gasteiger partial charge in [-0.15, -0.1) is 0 Å². The Morgan fingerprint density at radius 1 is 1.27 bits per heavy atom. The van der Waals surface area contributed by atoms with Crippen molar-refractivity contribution >= 4 is 33.8 Å². The minimum Gasteiger partial charge on any atom is -0.288 e. The van der Waals surface area contributed by atoms with Crippen LogP contribution in [0.5, 0.6) is 0 Å². The monoisotopic (exact) mass is 248 g/mol. The Hall–Kier alpha value is 0.0400. The van der Waals surface area contributed by atoms with Crippen molar-refractivity contribution in [3.8, 4) is 0 Å². The second-order valence-corrected chi connectivity index (χ2v) is 6.19. The molecule has 0 radical (unpaired) electrons. The highest BCUT2D eigenvalue weighted by Gasteiger charge is 2.08. The van der Waals surface area contributed by atoms with E-state index in [0.717, 1.165) is 24.3 Å². The van der Waals surface area contributed by atoms with Crippen LogP contribution in [0.15, 0.2) is 0 Å². The van der Waals surface area contributed by atoms with Crippen LogP contribution in [0.25, 0.3) is 0 Å². The highest BCUT2D eigenvalue weighted by Crippen LogP contribution is 2.17. The molecule has 88 valence electrons. The molecule has 0 aliphatic heterocycles. The molecule has 4 heteroatoms. The molecule has 0 saturated heterocycles. The lowest BCUT2D eigenvalue weighted by Gasteiger charge is -2.08. The molecule has 15 heavy (non-hydrogen) atoms. The van der Waals surface area contributed by atoms with Gasteiger partial charge in [0, 0.05) is 19.1 Å². The molecule has 0 spiro atoms. The van der Waals surface area contributed by atoms with Crippen LogP contribution in [0.3, 0.4) is 0 Å². The number of carbonyl (C=O) groups excluding carboxylic acids is 2. The van der Waals surface area contributed by atoms with Gasteiger partial charge in [-0.3, -0.25) is 9.59 Å². The van der Waals surface area contributed by atoms with Gasteiger partial charge in [0.05, 0.1) is 0 Å². The van der Waals surface area contributed by atoms with E-state index < -0.39 is 0 Å². The molecule has 0 N–H and O–H groups in total. The first-order valence-electron chi connectivity index (χ1n) is 5.35. The summed E-state index contributed by atoms with van der Waals surface area (Å²) in [5.74, 6) is 2.20. The average Bonchev–Trinajstić information content (AvgIpc) is 2.12. The molecule has 2 nitrogen and oxygen atoms in total. The van der Waals surface area contributed by atoms with Crippen LogP contribution in [0, 0.1) is 5.92 Å². The summed E-state index contributed by atoms with van der Waals surface area (Å²) in [6.07, 6.45) is 2.73. The Kier molecular flexibility index (Phi) is 9.30. The van der Waals surface area contributed by atoms with E-state index in [1.54, 1.807) is 6.92 Å². The Balaban J connectivity index is 3.44. The minimum absolute atomic E-state index is 0.181. The van der Waals surface area contributed by atoms with Gasteiger partial charge < -0.3 is 0 Å². The molecule has 0 fully saturated rings. The lowest BCUT2D eigenvalue weighted by Crippen LogP contribution is -2.03. The third-order valence-corrected chi connectivity index (χ3v) is 3.64. The molecule has 0 bridgehead atoms. The van der Waals surface area contributed by atoms with Crippen molar-refractivity contribution in [2.24, 2.45) is 5.92 Å². The highest BCUT2D eigenvalue weighted by atomic mass is 32.2. The fourth-order valence-electron chi connectivity index (χ4n) is 1.25. The van der Waals surface area contributed by atoms with Crippen LogP contribution >= 0.6 is 23.5 Å². The zero-order valence-electron chi connectivity index (χ0n) is 9.75. The molecule has 1 atom stereocenters. The van der Waals surface area contributed by atoms with Crippen LogP contribution < -0.4 is 0 Å². The van der Waals surface area contributed by atoms with Crippen molar-refractivity contribution in [2.45, 2.75) is 40.0 Å². The molecule has 0 aromatic carbocycles. The number of thioether (sulfide) groups is 2.